The lowest BCUT2D eigenvalue weighted by atomic mass is 10.2. The van der Waals surface area contributed by atoms with E-state index >= 15 is 0 Å². The molecule has 0 fully saturated rings. The largest absolute Gasteiger partial charge is 0.496 e. The molecule has 3 aromatic rings. The zero-order valence-corrected chi connectivity index (χ0v) is 16.7. The first-order chi connectivity index (χ1) is 12.9. The van der Waals surface area contributed by atoms with E-state index < -0.39 is 9.84 Å². The van der Waals surface area contributed by atoms with Gasteiger partial charge in [0.25, 0.3) is 5.91 Å². The first-order valence-corrected chi connectivity index (χ1v) is 10.6. The minimum atomic E-state index is -3.69. The standard InChI is InChI=1S/C19H16ClNO4S2/c1-25-16-5-3-2-4-13(16)12-21-19(22)17-10-11-18(26-17)27(23,24)15-8-6-14(20)7-9-15/h2-11H,12H2,1H3,(H,21,22). The van der Waals surface area contributed by atoms with Crippen molar-refractivity contribution in [3.8, 4) is 5.75 Å². The Morgan fingerprint density at radius 3 is 2.48 bits per heavy atom. The minimum absolute atomic E-state index is 0.104. The molecule has 140 valence electrons. The van der Waals surface area contributed by atoms with Gasteiger partial charge in [-0.25, -0.2) is 8.42 Å². The Labute approximate surface area is 166 Å². The Morgan fingerprint density at radius 2 is 1.78 bits per heavy atom. The Morgan fingerprint density at radius 1 is 1.07 bits per heavy atom. The number of rotatable bonds is 6. The molecule has 3 rings (SSSR count). The second-order valence-corrected chi connectivity index (χ2v) is 9.27. The zero-order valence-electron chi connectivity index (χ0n) is 14.3. The maximum atomic E-state index is 12.7. The van der Waals surface area contributed by atoms with E-state index in [9.17, 15) is 13.2 Å². The molecule has 0 saturated heterocycles. The number of thiophene rings is 1. The van der Waals surface area contributed by atoms with Crippen LogP contribution in [0.3, 0.4) is 0 Å². The Bertz CT molecular complexity index is 1060. The van der Waals surface area contributed by atoms with Crippen LogP contribution in [0.1, 0.15) is 15.2 Å². The molecular weight excluding hydrogens is 406 g/mol. The first kappa shape index (κ1) is 19.4. The van der Waals surface area contributed by atoms with Gasteiger partial charge >= 0.3 is 0 Å². The third-order valence-corrected chi connectivity index (χ3v) is 7.42. The van der Waals surface area contributed by atoms with Crippen LogP contribution in [0.15, 0.2) is 69.8 Å². The summed E-state index contributed by atoms with van der Waals surface area (Å²) < 4.78 is 30.7. The van der Waals surface area contributed by atoms with E-state index in [1.54, 1.807) is 7.11 Å². The summed E-state index contributed by atoms with van der Waals surface area (Å²) in [5.41, 5.74) is 0.832. The van der Waals surface area contributed by atoms with Crippen molar-refractivity contribution in [2.45, 2.75) is 15.6 Å². The van der Waals surface area contributed by atoms with Gasteiger partial charge in [-0.15, -0.1) is 11.3 Å². The Balaban J connectivity index is 1.75. The number of ether oxygens (including phenoxy) is 1. The van der Waals surface area contributed by atoms with Crippen LogP contribution in [0.5, 0.6) is 5.75 Å². The van der Waals surface area contributed by atoms with Gasteiger partial charge in [0, 0.05) is 17.1 Å². The van der Waals surface area contributed by atoms with Gasteiger partial charge < -0.3 is 10.1 Å². The normalized spacial score (nSPS) is 11.2. The van der Waals surface area contributed by atoms with E-state index in [1.807, 2.05) is 24.3 Å². The third-order valence-electron chi connectivity index (χ3n) is 3.83. The summed E-state index contributed by atoms with van der Waals surface area (Å²) >= 11 is 6.73. The summed E-state index contributed by atoms with van der Waals surface area (Å²) in [7, 11) is -2.12. The number of sulfone groups is 1. The highest BCUT2D eigenvalue weighted by Crippen LogP contribution is 2.28. The molecule has 0 aliphatic carbocycles. The minimum Gasteiger partial charge on any atom is -0.496 e. The quantitative estimate of drug-likeness (QED) is 0.648. The first-order valence-electron chi connectivity index (χ1n) is 7.92. The van der Waals surface area contributed by atoms with Gasteiger partial charge in [-0.1, -0.05) is 29.8 Å². The molecule has 8 heteroatoms. The summed E-state index contributed by atoms with van der Waals surface area (Å²) in [6, 6.07) is 16.2. The third kappa shape index (κ3) is 4.32. The molecule has 0 atom stereocenters. The van der Waals surface area contributed by atoms with Crippen molar-refractivity contribution in [3.63, 3.8) is 0 Å². The van der Waals surface area contributed by atoms with Crippen LogP contribution in [0.2, 0.25) is 5.02 Å². The highest BCUT2D eigenvalue weighted by atomic mass is 35.5. The van der Waals surface area contributed by atoms with E-state index in [0.29, 0.717) is 15.6 Å². The Kier molecular flexibility index (Phi) is 5.84. The van der Waals surface area contributed by atoms with Crippen molar-refractivity contribution in [2.75, 3.05) is 7.11 Å². The molecule has 0 aliphatic rings. The monoisotopic (exact) mass is 421 g/mol. The number of carbonyl (C=O) groups excluding carboxylic acids is 1. The average Bonchev–Trinajstić information content (AvgIpc) is 3.18. The van der Waals surface area contributed by atoms with Crippen LogP contribution in [0.4, 0.5) is 0 Å². The molecule has 5 nitrogen and oxygen atoms in total. The lowest BCUT2D eigenvalue weighted by Crippen LogP contribution is -2.22. The maximum Gasteiger partial charge on any atom is 0.261 e. The van der Waals surface area contributed by atoms with Gasteiger partial charge in [-0.3, -0.25) is 4.79 Å². The van der Waals surface area contributed by atoms with Gasteiger partial charge in [0.2, 0.25) is 9.84 Å². The summed E-state index contributed by atoms with van der Waals surface area (Å²) in [4.78, 5) is 12.8. The fourth-order valence-electron chi connectivity index (χ4n) is 2.43. The topological polar surface area (TPSA) is 72.5 Å². The van der Waals surface area contributed by atoms with E-state index in [-0.39, 0.29) is 21.6 Å². The maximum absolute atomic E-state index is 12.7. The number of amides is 1. The molecule has 0 saturated carbocycles. The number of benzene rings is 2. The lowest BCUT2D eigenvalue weighted by molar-refractivity contribution is 0.0954. The fourth-order valence-corrected chi connectivity index (χ4v) is 5.18. The lowest BCUT2D eigenvalue weighted by Gasteiger charge is -2.08. The molecule has 0 spiro atoms. The highest BCUT2D eigenvalue weighted by molar-refractivity contribution is 7.93. The van der Waals surface area contributed by atoms with Gasteiger partial charge in [-0.2, -0.15) is 0 Å². The van der Waals surface area contributed by atoms with E-state index in [0.717, 1.165) is 16.9 Å². The van der Waals surface area contributed by atoms with Gasteiger partial charge in [0.1, 0.15) is 9.96 Å². The van der Waals surface area contributed by atoms with Crippen LogP contribution in [0, 0.1) is 0 Å². The highest BCUT2D eigenvalue weighted by Gasteiger charge is 2.21. The summed E-state index contributed by atoms with van der Waals surface area (Å²) in [6.07, 6.45) is 0. The smallest absolute Gasteiger partial charge is 0.261 e. The SMILES string of the molecule is COc1ccccc1CNC(=O)c1ccc(S(=O)(=O)c2ccc(Cl)cc2)s1. The average molecular weight is 422 g/mol. The van der Waals surface area contributed by atoms with Crippen molar-refractivity contribution < 1.29 is 17.9 Å². The van der Waals surface area contributed by atoms with Gasteiger partial charge in [0.15, 0.2) is 0 Å². The van der Waals surface area contributed by atoms with Crippen molar-refractivity contribution in [2.24, 2.45) is 0 Å². The van der Waals surface area contributed by atoms with Gasteiger partial charge in [0.05, 0.1) is 16.9 Å². The number of hydrogen-bond donors (Lipinski definition) is 1. The van der Waals surface area contributed by atoms with Crippen molar-refractivity contribution in [1.29, 1.82) is 0 Å². The predicted molar refractivity (Wildman–Crippen MR) is 105 cm³/mol. The molecule has 0 radical (unpaired) electrons. The number of methoxy groups -OCH3 is 1. The van der Waals surface area contributed by atoms with Gasteiger partial charge in [-0.05, 0) is 42.5 Å². The van der Waals surface area contributed by atoms with E-state index in [4.69, 9.17) is 16.3 Å². The Hall–Kier alpha value is -2.35. The summed E-state index contributed by atoms with van der Waals surface area (Å²) in [5, 5.41) is 3.24. The van der Waals surface area contributed by atoms with E-state index in [1.165, 1.54) is 36.4 Å². The number of carbonyl (C=O) groups is 1. The van der Waals surface area contributed by atoms with Crippen molar-refractivity contribution in [1.82, 2.24) is 5.32 Å². The van der Waals surface area contributed by atoms with Crippen molar-refractivity contribution in [3.05, 3.63) is 76.1 Å². The second kappa shape index (κ2) is 8.12. The van der Waals surface area contributed by atoms with Crippen LogP contribution >= 0.6 is 22.9 Å². The molecule has 0 bridgehead atoms. The molecule has 1 aromatic heterocycles. The van der Waals surface area contributed by atoms with Crippen molar-refractivity contribution >= 4 is 38.7 Å². The van der Waals surface area contributed by atoms with Crippen LogP contribution < -0.4 is 10.1 Å². The molecule has 1 amide bonds. The molecule has 1 N–H and O–H groups in total. The molecule has 27 heavy (non-hydrogen) atoms. The molecular formula is C19H16ClNO4S2. The van der Waals surface area contributed by atoms with Crippen LogP contribution in [-0.4, -0.2) is 21.4 Å². The zero-order chi connectivity index (χ0) is 19.4. The van der Waals surface area contributed by atoms with Crippen LogP contribution in [-0.2, 0) is 16.4 Å². The number of nitrogens with one attached hydrogen (secondary N) is 1. The molecule has 2 aromatic carbocycles. The molecule has 1 heterocycles. The number of para-hydroxylation sites is 1. The molecule has 0 aliphatic heterocycles. The second-order valence-electron chi connectivity index (χ2n) is 5.57. The van der Waals surface area contributed by atoms with Crippen LogP contribution in [0.25, 0.3) is 0 Å². The fraction of sp³-hybridized carbons (Fsp3) is 0.105. The summed E-state index contributed by atoms with van der Waals surface area (Å²) in [5.74, 6) is 0.332. The predicted octanol–water partition coefficient (Wildman–Crippen LogP) is 4.17. The summed E-state index contributed by atoms with van der Waals surface area (Å²) in [6.45, 7) is 0.278. The number of halogens is 1. The van der Waals surface area contributed by atoms with E-state index in [2.05, 4.69) is 5.32 Å². The molecule has 0 unspecified atom stereocenters. The number of hydrogen-bond acceptors (Lipinski definition) is 5.